The van der Waals surface area contributed by atoms with Crippen molar-refractivity contribution in [2.75, 3.05) is 6.61 Å². The van der Waals surface area contributed by atoms with Crippen LogP contribution < -0.4 is 9.47 Å². The number of ether oxygens (including phenoxy) is 2. The van der Waals surface area contributed by atoms with Crippen molar-refractivity contribution in [3.8, 4) is 11.5 Å². The fourth-order valence-electron chi connectivity index (χ4n) is 1.11. The average Bonchev–Trinajstić information content (AvgIpc) is 2.04. The molecule has 1 aliphatic heterocycles. The Labute approximate surface area is 69.9 Å². The summed E-state index contributed by atoms with van der Waals surface area (Å²) in [6.07, 6.45) is -0.251. The molecule has 1 aromatic rings. The Morgan fingerprint density at radius 1 is 1.50 bits per heavy atom. The Morgan fingerprint density at radius 2 is 2.33 bits per heavy atom. The van der Waals surface area contributed by atoms with Gasteiger partial charge in [-0.05, 0) is 19.1 Å². The van der Waals surface area contributed by atoms with Crippen LogP contribution in [0.5, 0.6) is 11.5 Å². The van der Waals surface area contributed by atoms with Crippen LogP contribution in [-0.4, -0.2) is 12.7 Å². The molecular weight excluding hydrogens is 159 g/mol. The highest BCUT2D eigenvalue weighted by molar-refractivity contribution is 5.42. The molecule has 1 aliphatic rings. The smallest absolute Gasteiger partial charge is 0.197 e. The minimum atomic E-state index is -0.389. The molecule has 0 aliphatic carbocycles. The molecule has 0 aromatic heterocycles. The predicted octanol–water partition coefficient (Wildman–Crippen LogP) is 1.80. The van der Waals surface area contributed by atoms with Gasteiger partial charge in [0.05, 0.1) is 0 Å². The van der Waals surface area contributed by atoms with E-state index in [1.807, 2.05) is 0 Å². The maximum atomic E-state index is 13.0. The molecule has 0 amide bonds. The third-order valence-corrected chi connectivity index (χ3v) is 1.64. The number of para-hydroxylation sites is 1. The van der Waals surface area contributed by atoms with Gasteiger partial charge in [-0.2, -0.15) is 0 Å². The van der Waals surface area contributed by atoms with Crippen molar-refractivity contribution in [3.63, 3.8) is 0 Å². The van der Waals surface area contributed by atoms with Gasteiger partial charge in [-0.1, -0.05) is 6.07 Å². The Morgan fingerprint density at radius 3 is 3.17 bits per heavy atom. The van der Waals surface area contributed by atoms with Crippen LogP contribution in [0.1, 0.15) is 0 Å². The van der Waals surface area contributed by atoms with Gasteiger partial charge in [0.2, 0.25) is 0 Å². The molecule has 0 bridgehead atoms. The third kappa shape index (κ3) is 1.11. The second kappa shape index (κ2) is 2.66. The van der Waals surface area contributed by atoms with Crippen LogP contribution in [0.15, 0.2) is 18.2 Å². The monoisotopic (exact) mass is 167 g/mol. The van der Waals surface area contributed by atoms with Gasteiger partial charge in [0.1, 0.15) is 12.7 Å². The lowest BCUT2D eigenvalue weighted by Gasteiger charge is -2.23. The van der Waals surface area contributed by atoms with Crippen molar-refractivity contribution < 1.29 is 13.9 Å². The summed E-state index contributed by atoms with van der Waals surface area (Å²) in [5.41, 5.74) is 0. The van der Waals surface area contributed by atoms with E-state index in [2.05, 4.69) is 6.92 Å². The summed E-state index contributed by atoms with van der Waals surface area (Å²) < 4.78 is 23.3. The van der Waals surface area contributed by atoms with E-state index in [-0.39, 0.29) is 17.7 Å². The fourth-order valence-corrected chi connectivity index (χ4v) is 1.11. The topological polar surface area (TPSA) is 18.5 Å². The van der Waals surface area contributed by atoms with Crippen molar-refractivity contribution in [1.29, 1.82) is 0 Å². The van der Waals surface area contributed by atoms with Crippen molar-refractivity contribution >= 4 is 0 Å². The highest BCUT2D eigenvalue weighted by Crippen LogP contribution is 2.33. The maximum absolute atomic E-state index is 13.0. The summed E-state index contributed by atoms with van der Waals surface area (Å²) in [4.78, 5) is 0. The van der Waals surface area contributed by atoms with Crippen LogP contribution in [0.2, 0.25) is 0 Å². The molecule has 0 spiro atoms. The molecule has 0 fully saturated rings. The highest BCUT2D eigenvalue weighted by Gasteiger charge is 2.19. The SMILES string of the molecule is [CH2]C1COc2c(F)cccc2O1. The molecule has 1 heterocycles. The van der Waals surface area contributed by atoms with Crippen LogP contribution in [0, 0.1) is 12.7 Å². The first-order valence-corrected chi connectivity index (χ1v) is 3.68. The van der Waals surface area contributed by atoms with E-state index >= 15 is 0 Å². The van der Waals surface area contributed by atoms with Crippen LogP contribution in [0.25, 0.3) is 0 Å². The second-order valence-corrected chi connectivity index (χ2v) is 2.62. The van der Waals surface area contributed by atoms with E-state index in [0.717, 1.165) is 0 Å². The Bertz CT molecular complexity index is 299. The Balaban J connectivity index is 2.42. The van der Waals surface area contributed by atoms with Gasteiger partial charge in [-0.15, -0.1) is 0 Å². The second-order valence-electron chi connectivity index (χ2n) is 2.62. The molecular formula is C9H8FO2. The van der Waals surface area contributed by atoms with Crippen LogP contribution in [0.4, 0.5) is 4.39 Å². The number of rotatable bonds is 0. The number of hydrogen-bond donors (Lipinski definition) is 0. The lowest BCUT2D eigenvalue weighted by Crippen LogP contribution is -2.26. The normalized spacial score (nSPS) is 20.7. The fraction of sp³-hybridized carbons (Fsp3) is 0.222. The van der Waals surface area contributed by atoms with E-state index in [1.165, 1.54) is 6.07 Å². The molecule has 0 saturated carbocycles. The summed E-state index contributed by atoms with van der Waals surface area (Å²) in [7, 11) is 0. The van der Waals surface area contributed by atoms with Gasteiger partial charge in [-0.3, -0.25) is 0 Å². The predicted molar refractivity (Wildman–Crippen MR) is 41.7 cm³/mol. The van der Waals surface area contributed by atoms with Gasteiger partial charge in [0.25, 0.3) is 0 Å². The molecule has 0 N–H and O–H groups in total. The summed E-state index contributed by atoms with van der Waals surface area (Å²) >= 11 is 0. The van der Waals surface area contributed by atoms with Gasteiger partial charge < -0.3 is 9.47 Å². The lowest BCUT2D eigenvalue weighted by atomic mass is 10.2. The first-order valence-electron chi connectivity index (χ1n) is 3.68. The molecule has 1 radical (unpaired) electrons. The third-order valence-electron chi connectivity index (χ3n) is 1.64. The molecule has 3 heteroatoms. The summed E-state index contributed by atoms with van der Waals surface area (Å²) in [5.74, 6) is 0.234. The van der Waals surface area contributed by atoms with Crippen molar-refractivity contribution in [3.05, 3.63) is 30.9 Å². The number of halogens is 1. The van der Waals surface area contributed by atoms with Crippen LogP contribution in [-0.2, 0) is 0 Å². The zero-order valence-electron chi connectivity index (χ0n) is 6.42. The van der Waals surface area contributed by atoms with Crippen LogP contribution >= 0.6 is 0 Å². The Kier molecular flexibility index (Phi) is 1.64. The Hall–Kier alpha value is -1.25. The van der Waals surface area contributed by atoms with Crippen molar-refractivity contribution in [1.82, 2.24) is 0 Å². The molecule has 1 atom stereocenters. The molecule has 0 saturated heterocycles. The summed E-state index contributed by atoms with van der Waals surface area (Å²) in [6.45, 7) is 3.96. The molecule has 1 unspecified atom stereocenters. The number of hydrogen-bond acceptors (Lipinski definition) is 2. The number of fused-ring (bicyclic) bond motifs is 1. The molecule has 12 heavy (non-hydrogen) atoms. The van der Waals surface area contributed by atoms with E-state index in [0.29, 0.717) is 12.4 Å². The van der Waals surface area contributed by atoms with Crippen molar-refractivity contribution in [2.24, 2.45) is 0 Å². The van der Waals surface area contributed by atoms with E-state index < -0.39 is 0 Å². The lowest BCUT2D eigenvalue weighted by molar-refractivity contribution is 0.116. The first-order chi connectivity index (χ1) is 5.77. The summed E-state index contributed by atoms with van der Waals surface area (Å²) in [6, 6.07) is 4.58. The quantitative estimate of drug-likeness (QED) is 0.586. The minimum Gasteiger partial charge on any atom is -0.483 e. The van der Waals surface area contributed by atoms with Crippen LogP contribution in [0.3, 0.4) is 0 Å². The largest absolute Gasteiger partial charge is 0.483 e. The zero-order valence-corrected chi connectivity index (χ0v) is 6.42. The van der Waals surface area contributed by atoms with Gasteiger partial charge in [-0.25, -0.2) is 4.39 Å². The molecule has 2 rings (SSSR count). The molecule has 63 valence electrons. The zero-order chi connectivity index (χ0) is 8.55. The number of benzene rings is 1. The van der Waals surface area contributed by atoms with Gasteiger partial charge in [0.15, 0.2) is 17.3 Å². The standard InChI is InChI=1S/C9H8FO2/c1-6-5-11-9-7(10)3-2-4-8(9)12-6/h2-4,6H,1,5H2. The maximum Gasteiger partial charge on any atom is 0.197 e. The minimum absolute atomic E-state index is 0.192. The molecule has 1 aromatic carbocycles. The van der Waals surface area contributed by atoms with Gasteiger partial charge in [0, 0.05) is 0 Å². The highest BCUT2D eigenvalue weighted by atomic mass is 19.1. The summed E-state index contributed by atoms with van der Waals surface area (Å²) in [5, 5.41) is 0. The van der Waals surface area contributed by atoms with Crippen molar-refractivity contribution in [2.45, 2.75) is 6.10 Å². The van der Waals surface area contributed by atoms with Gasteiger partial charge >= 0.3 is 0 Å². The average molecular weight is 167 g/mol. The van der Waals surface area contributed by atoms with E-state index in [9.17, 15) is 4.39 Å². The first kappa shape index (κ1) is 7.40. The van der Waals surface area contributed by atoms with E-state index in [1.54, 1.807) is 12.1 Å². The molecule has 2 nitrogen and oxygen atoms in total. The van der Waals surface area contributed by atoms with E-state index in [4.69, 9.17) is 9.47 Å².